The summed E-state index contributed by atoms with van der Waals surface area (Å²) in [7, 11) is 2.86. The van der Waals surface area contributed by atoms with Gasteiger partial charge in [-0.05, 0) is 36.6 Å². The summed E-state index contributed by atoms with van der Waals surface area (Å²) in [6, 6.07) is 5.47. The summed E-state index contributed by atoms with van der Waals surface area (Å²) in [5, 5.41) is 6.95. The van der Waals surface area contributed by atoms with Crippen molar-refractivity contribution < 1.29 is 22.7 Å². The predicted octanol–water partition coefficient (Wildman–Crippen LogP) is 3.25. The van der Waals surface area contributed by atoms with Crippen LogP contribution in [0.4, 0.5) is 13.2 Å². The molecule has 5 nitrogen and oxygen atoms in total. The van der Waals surface area contributed by atoms with E-state index in [1.165, 1.54) is 23.9 Å². The number of methoxy groups -OCH3 is 1. The molecule has 1 aromatic carbocycles. The maximum Gasteiger partial charge on any atom is 0.419 e. The molecular weight excluding hydrogens is 335 g/mol. The van der Waals surface area contributed by atoms with Crippen molar-refractivity contribution in [3.8, 4) is 5.75 Å². The maximum absolute atomic E-state index is 13.0. The first-order valence-corrected chi connectivity index (χ1v) is 7.86. The summed E-state index contributed by atoms with van der Waals surface area (Å²) in [5.41, 5.74) is 0.757. The van der Waals surface area contributed by atoms with Gasteiger partial charge in [0.05, 0.1) is 18.4 Å². The standard InChI is InChI=1S/C17H18F3N3O2/c1-23-14(8-13(22-23)11-4-5-11)16(24)21-9-10-3-6-15(25-2)12(7-10)17(18,19)20/h3,6-8,11H,4-5,9H2,1-2H3,(H,21,24). The van der Waals surface area contributed by atoms with Gasteiger partial charge < -0.3 is 10.1 Å². The number of alkyl halides is 3. The average Bonchev–Trinajstić information content (AvgIpc) is 3.34. The van der Waals surface area contributed by atoms with Gasteiger partial charge in [-0.2, -0.15) is 18.3 Å². The molecule has 1 aromatic heterocycles. The molecule has 1 saturated carbocycles. The number of aromatic nitrogens is 2. The largest absolute Gasteiger partial charge is 0.496 e. The Bertz CT molecular complexity index is 795. The fourth-order valence-corrected chi connectivity index (χ4v) is 2.64. The van der Waals surface area contributed by atoms with Crippen LogP contribution in [-0.4, -0.2) is 22.8 Å². The van der Waals surface area contributed by atoms with Gasteiger partial charge in [0.1, 0.15) is 11.4 Å². The van der Waals surface area contributed by atoms with Crippen LogP contribution in [0.15, 0.2) is 24.3 Å². The third kappa shape index (κ3) is 3.78. The average molecular weight is 353 g/mol. The second kappa shape index (κ2) is 6.42. The number of amides is 1. The summed E-state index contributed by atoms with van der Waals surface area (Å²) >= 11 is 0. The van der Waals surface area contributed by atoms with E-state index in [2.05, 4.69) is 10.4 Å². The first-order valence-electron chi connectivity index (χ1n) is 7.86. The molecule has 0 saturated heterocycles. The second-order valence-corrected chi connectivity index (χ2v) is 6.07. The van der Waals surface area contributed by atoms with E-state index in [1.54, 1.807) is 13.1 Å². The van der Waals surface area contributed by atoms with E-state index in [-0.39, 0.29) is 18.2 Å². The summed E-state index contributed by atoms with van der Waals surface area (Å²) in [6.45, 7) is -0.0180. The van der Waals surface area contributed by atoms with Crippen molar-refractivity contribution in [2.24, 2.45) is 7.05 Å². The fraction of sp³-hybridized carbons (Fsp3) is 0.412. The summed E-state index contributed by atoms with van der Waals surface area (Å²) in [5.74, 6) is -0.196. The lowest BCUT2D eigenvalue weighted by Crippen LogP contribution is -2.25. The third-order valence-corrected chi connectivity index (χ3v) is 4.15. The number of rotatable bonds is 5. The molecule has 134 valence electrons. The molecule has 1 heterocycles. The molecule has 1 amide bonds. The van der Waals surface area contributed by atoms with Gasteiger partial charge in [-0.1, -0.05) is 6.07 Å². The summed E-state index contributed by atoms with van der Waals surface area (Å²) in [6.07, 6.45) is -2.37. The van der Waals surface area contributed by atoms with E-state index in [9.17, 15) is 18.0 Å². The normalized spacial score (nSPS) is 14.4. The highest BCUT2D eigenvalue weighted by molar-refractivity contribution is 5.92. The van der Waals surface area contributed by atoms with Crippen molar-refractivity contribution in [2.75, 3.05) is 7.11 Å². The number of benzene rings is 1. The lowest BCUT2D eigenvalue weighted by atomic mass is 10.1. The fourth-order valence-electron chi connectivity index (χ4n) is 2.64. The summed E-state index contributed by atoms with van der Waals surface area (Å²) in [4.78, 5) is 12.3. The number of nitrogens with one attached hydrogen (secondary N) is 1. The minimum Gasteiger partial charge on any atom is -0.496 e. The molecule has 0 radical (unpaired) electrons. The highest BCUT2D eigenvalue weighted by atomic mass is 19.4. The van der Waals surface area contributed by atoms with Crippen LogP contribution in [0.5, 0.6) is 5.75 Å². The Morgan fingerprint density at radius 2 is 2.08 bits per heavy atom. The Morgan fingerprint density at radius 1 is 1.36 bits per heavy atom. The molecule has 2 aromatic rings. The Kier molecular flexibility index (Phi) is 4.45. The highest BCUT2D eigenvalue weighted by Crippen LogP contribution is 2.39. The van der Waals surface area contributed by atoms with Crippen molar-refractivity contribution in [3.63, 3.8) is 0 Å². The Labute approximate surface area is 142 Å². The van der Waals surface area contributed by atoms with E-state index in [0.717, 1.165) is 24.6 Å². The van der Waals surface area contributed by atoms with Crippen LogP contribution in [-0.2, 0) is 19.8 Å². The van der Waals surface area contributed by atoms with Gasteiger partial charge in [0, 0.05) is 19.5 Å². The van der Waals surface area contributed by atoms with Crippen molar-refractivity contribution in [2.45, 2.75) is 31.5 Å². The van der Waals surface area contributed by atoms with Gasteiger partial charge in [-0.25, -0.2) is 0 Å². The first-order chi connectivity index (χ1) is 11.8. The van der Waals surface area contributed by atoms with Crippen molar-refractivity contribution in [3.05, 3.63) is 46.8 Å². The number of ether oxygens (including phenoxy) is 1. The molecule has 0 unspecified atom stereocenters. The first kappa shape index (κ1) is 17.3. The Morgan fingerprint density at radius 3 is 2.68 bits per heavy atom. The highest BCUT2D eigenvalue weighted by Gasteiger charge is 2.34. The predicted molar refractivity (Wildman–Crippen MR) is 84.3 cm³/mol. The molecule has 0 bridgehead atoms. The molecule has 8 heteroatoms. The van der Waals surface area contributed by atoms with Gasteiger partial charge in [-0.3, -0.25) is 9.48 Å². The maximum atomic E-state index is 13.0. The molecular formula is C17H18F3N3O2. The molecule has 3 rings (SSSR count). The number of hydrogen-bond donors (Lipinski definition) is 1. The third-order valence-electron chi connectivity index (χ3n) is 4.15. The zero-order valence-corrected chi connectivity index (χ0v) is 13.9. The molecule has 1 aliphatic rings. The van der Waals surface area contributed by atoms with Crippen LogP contribution < -0.4 is 10.1 Å². The van der Waals surface area contributed by atoms with Gasteiger partial charge in [0.15, 0.2) is 0 Å². The molecule has 1 aliphatic carbocycles. The minimum atomic E-state index is -4.52. The molecule has 1 fully saturated rings. The molecule has 0 aliphatic heterocycles. The molecule has 1 N–H and O–H groups in total. The molecule has 0 atom stereocenters. The zero-order valence-electron chi connectivity index (χ0n) is 13.9. The Hall–Kier alpha value is -2.51. The number of carbonyl (C=O) groups excluding carboxylic acids is 1. The quantitative estimate of drug-likeness (QED) is 0.898. The van der Waals surface area contributed by atoms with E-state index in [1.807, 2.05) is 0 Å². The van der Waals surface area contributed by atoms with E-state index in [4.69, 9.17) is 4.74 Å². The van der Waals surface area contributed by atoms with Crippen LogP contribution in [0.1, 0.15) is 46.1 Å². The topological polar surface area (TPSA) is 56.1 Å². The SMILES string of the molecule is COc1ccc(CNC(=O)c2cc(C3CC3)nn2C)cc1C(F)(F)F. The van der Waals surface area contributed by atoms with Gasteiger partial charge in [0.25, 0.3) is 5.91 Å². The monoisotopic (exact) mass is 353 g/mol. The number of hydrogen-bond acceptors (Lipinski definition) is 3. The number of nitrogens with zero attached hydrogens (tertiary/aromatic N) is 2. The number of carbonyl (C=O) groups is 1. The minimum absolute atomic E-state index is 0.0180. The van der Waals surface area contributed by atoms with Crippen LogP contribution in [0.3, 0.4) is 0 Å². The Balaban J connectivity index is 1.72. The van der Waals surface area contributed by atoms with Gasteiger partial charge in [-0.15, -0.1) is 0 Å². The van der Waals surface area contributed by atoms with Crippen LogP contribution >= 0.6 is 0 Å². The lowest BCUT2D eigenvalue weighted by molar-refractivity contribution is -0.138. The van der Waals surface area contributed by atoms with Crippen LogP contribution in [0.25, 0.3) is 0 Å². The van der Waals surface area contributed by atoms with Gasteiger partial charge >= 0.3 is 6.18 Å². The van der Waals surface area contributed by atoms with E-state index in [0.29, 0.717) is 17.2 Å². The smallest absolute Gasteiger partial charge is 0.419 e. The molecule has 25 heavy (non-hydrogen) atoms. The van der Waals surface area contributed by atoms with Crippen molar-refractivity contribution in [1.82, 2.24) is 15.1 Å². The van der Waals surface area contributed by atoms with Crippen molar-refractivity contribution in [1.29, 1.82) is 0 Å². The second-order valence-electron chi connectivity index (χ2n) is 6.07. The van der Waals surface area contributed by atoms with Gasteiger partial charge in [0.2, 0.25) is 0 Å². The number of aryl methyl sites for hydroxylation is 1. The summed E-state index contributed by atoms with van der Waals surface area (Å²) < 4.78 is 45.4. The van der Waals surface area contributed by atoms with E-state index < -0.39 is 11.7 Å². The van der Waals surface area contributed by atoms with Crippen LogP contribution in [0, 0.1) is 0 Å². The zero-order chi connectivity index (χ0) is 18.2. The number of halogens is 3. The van der Waals surface area contributed by atoms with E-state index >= 15 is 0 Å². The lowest BCUT2D eigenvalue weighted by Gasteiger charge is -2.13. The molecule has 0 spiro atoms. The van der Waals surface area contributed by atoms with Crippen LogP contribution in [0.2, 0.25) is 0 Å². The van der Waals surface area contributed by atoms with Crippen molar-refractivity contribution >= 4 is 5.91 Å².